The van der Waals surface area contributed by atoms with Gasteiger partial charge in [0, 0.05) is 6.54 Å². The van der Waals surface area contributed by atoms with Crippen LogP contribution in [-0.4, -0.2) is 0 Å². The Bertz CT molecular complexity index is 506. The van der Waals surface area contributed by atoms with Gasteiger partial charge in [-0.25, -0.2) is 0 Å². The van der Waals surface area contributed by atoms with Crippen molar-refractivity contribution in [1.29, 1.82) is 0 Å². The maximum absolute atomic E-state index is 3.63. The molecule has 16 heavy (non-hydrogen) atoms. The van der Waals surface area contributed by atoms with Crippen molar-refractivity contribution < 1.29 is 0 Å². The first-order valence-corrected chi connectivity index (χ1v) is 5.39. The normalized spacial score (nSPS) is 10.8. The molecule has 0 saturated carbocycles. The van der Waals surface area contributed by atoms with Gasteiger partial charge in [-0.05, 0) is 28.6 Å². The van der Waals surface area contributed by atoms with Crippen LogP contribution >= 0.6 is 0 Å². The van der Waals surface area contributed by atoms with Gasteiger partial charge in [-0.15, -0.1) is 0 Å². The molecule has 0 atom stereocenters. The number of fused-ring (bicyclic) bond motifs is 1. The average molecular weight is 209 g/mol. The second-order valence-corrected chi connectivity index (χ2v) is 3.61. The molecule has 1 heteroatoms. The Morgan fingerprint density at radius 3 is 2.75 bits per heavy atom. The molecule has 0 fully saturated rings. The van der Waals surface area contributed by atoms with Crippen LogP contribution in [0.25, 0.3) is 10.8 Å². The van der Waals surface area contributed by atoms with Crippen molar-refractivity contribution in [3.05, 3.63) is 73.0 Å². The molecule has 0 radical (unpaired) electrons. The monoisotopic (exact) mass is 209 g/mol. The molecular formula is C15H15N. The quantitative estimate of drug-likeness (QED) is 0.758. The first kappa shape index (κ1) is 10.5. The zero-order valence-corrected chi connectivity index (χ0v) is 9.19. The third-order valence-electron chi connectivity index (χ3n) is 2.52. The summed E-state index contributed by atoms with van der Waals surface area (Å²) in [6.07, 6.45) is 5.57. The number of hydrogen-bond donors (Lipinski definition) is 1. The largest absolute Gasteiger partial charge is 0.387 e. The highest BCUT2D eigenvalue weighted by atomic mass is 14.8. The fourth-order valence-corrected chi connectivity index (χ4v) is 1.75. The Morgan fingerprint density at radius 1 is 1.06 bits per heavy atom. The fourth-order valence-electron chi connectivity index (χ4n) is 1.75. The molecule has 0 aliphatic heterocycles. The third-order valence-corrected chi connectivity index (χ3v) is 2.52. The first-order valence-electron chi connectivity index (χ1n) is 5.39. The Morgan fingerprint density at radius 2 is 1.88 bits per heavy atom. The highest BCUT2D eigenvalue weighted by Gasteiger charge is 1.97. The van der Waals surface area contributed by atoms with Crippen LogP contribution in [0, 0.1) is 0 Å². The van der Waals surface area contributed by atoms with E-state index in [0.29, 0.717) is 0 Å². The van der Waals surface area contributed by atoms with E-state index in [4.69, 9.17) is 0 Å². The minimum absolute atomic E-state index is 0.839. The molecule has 80 valence electrons. The topological polar surface area (TPSA) is 12.0 Å². The zero-order chi connectivity index (χ0) is 11.2. The molecular weight excluding hydrogens is 194 g/mol. The lowest BCUT2D eigenvalue weighted by atomic mass is 10.0. The van der Waals surface area contributed by atoms with Crippen molar-refractivity contribution in [3.63, 3.8) is 0 Å². The molecule has 0 aromatic heterocycles. The summed E-state index contributed by atoms with van der Waals surface area (Å²) < 4.78 is 0. The lowest BCUT2D eigenvalue weighted by Gasteiger charge is -2.06. The van der Waals surface area contributed by atoms with Crippen LogP contribution in [0.3, 0.4) is 0 Å². The van der Waals surface area contributed by atoms with Crippen LogP contribution < -0.4 is 5.32 Å². The van der Waals surface area contributed by atoms with Crippen molar-refractivity contribution in [2.45, 2.75) is 6.54 Å². The van der Waals surface area contributed by atoms with E-state index in [2.05, 4.69) is 54.4 Å². The summed E-state index contributed by atoms with van der Waals surface area (Å²) >= 11 is 0. The number of rotatable bonds is 4. The van der Waals surface area contributed by atoms with Crippen LogP contribution in [0.15, 0.2) is 67.4 Å². The van der Waals surface area contributed by atoms with E-state index in [0.717, 1.165) is 6.54 Å². The Labute approximate surface area is 96.1 Å². The average Bonchev–Trinajstić information content (AvgIpc) is 2.35. The van der Waals surface area contributed by atoms with Crippen molar-refractivity contribution in [2.24, 2.45) is 0 Å². The predicted octanol–water partition coefficient (Wildman–Crippen LogP) is 3.63. The van der Waals surface area contributed by atoms with E-state index >= 15 is 0 Å². The SMILES string of the molecule is C=C/C=C\NCc1cccc2ccccc12. The Balaban J connectivity index is 2.23. The van der Waals surface area contributed by atoms with Gasteiger partial charge < -0.3 is 5.32 Å². The van der Waals surface area contributed by atoms with E-state index in [1.807, 2.05) is 12.3 Å². The van der Waals surface area contributed by atoms with Crippen molar-refractivity contribution in [1.82, 2.24) is 5.32 Å². The second-order valence-electron chi connectivity index (χ2n) is 3.61. The molecule has 0 bridgehead atoms. The highest BCUT2D eigenvalue weighted by Crippen LogP contribution is 2.17. The van der Waals surface area contributed by atoms with E-state index < -0.39 is 0 Å². The fraction of sp³-hybridized carbons (Fsp3) is 0.0667. The molecule has 2 aromatic carbocycles. The summed E-state index contributed by atoms with van der Waals surface area (Å²) in [6.45, 7) is 4.47. The van der Waals surface area contributed by atoms with Gasteiger partial charge in [0.05, 0.1) is 0 Å². The molecule has 1 N–H and O–H groups in total. The lowest BCUT2D eigenvalue weighted by molar-refractivity contribution is 0.877. The summed E-state index contributed by atoms with van der Waals surface area (Å²) in [6, 6.07) is 14.8. The summed E-state index contributed by atoms with van der Waals surface area (Å²) in [5, 5.41) is 5.84. The Kier molecular flexibility index (Phi) is 3.39. The third kappa shape index (κ3) is 2.31. The summed E-state index contributed by atoms with van der Waals surface area (Å²) in [4.78, 5) is 0. The summed E-state index contributed by atoms with van der Waals surface area (Å²) in [5.41, 5.74) is 1.31. The number of benzene rings is 2. The van der Waals surface area contributed by atoms with Crippen molar-refractivity contribution in [2.75, 3.05) is 0 Å². The zero-order valence-electron chi connectivity index (χ0n) is 9.19. The van der Waals surface area contributed by atoms with E-state index in [1.165, 1.54) is 16.3 Å². The maximum atomic E-state index is 3.63. The van der Waals surface area contributed by atoms with Crippen LogP contribution in [0.2, 0.25) is 0 Å². The smallest absolute Gasteiger partial charge is 0.0401 e. The van der Waals surface area contributed by atoms with Crippen LogP contribution in [-0.2, 0) is 6.54 Å². The molecule has 0 aliphatic rings. The van der Waals surface area contributed by atoms with Gasteiger partial charge in [0.1, 0.15) is 0 Å². The summed E-state index contributed by atoms with van der Waals surface area (Å²) in [5.74, 6) is 0. The maximum Gasteiger partial charge on any atom is 0.0401 e. The molecule has 0 spiro atoms. The molecule has 0 unspecified atom stereocenters. The van der Waals surface area contributed by atoms with Crippen LogP contribution in [0.1, 0.15) is 5.56 Å². The van der Waals surface area contributed by atoms with Gasteiger partial charge in [-0.2, -0.15) is 0 Å². The number of hydrogen-bond acceptors (Lipinski definition) is 1. The Hall–Kier alpha value is -2.02. The van der Waals surface area contributed by atoms with Gasteiger partial charge in [0.25, 0.3) is 0 Å². The predicted molar refractivity (Wildman–Crippen MR) is 70.1 cm³/mol. The standard InChI is InChI=1S/C15H15N/c1-2-3-11-16-12-14-9-6-8-13-7-4-5-10-15(13)14/h2-11,16H,1,12H2/b11-3-. The molecule has 0 aliphatic carbocycles. The first-order chi connectivity index (χ1) is 7.92. The molecule has 0 heterocycles. The lowest BCUT2D eigenvalue weighted by Crippen LogP contribution is -2.04. The molecule has 2 rings (SSSR count). The summed E-state index contributed by atoms with van der Waals surface area (Å²) in [7, 11) is 0. The second kappa shape index (κ2) is 5.17. The van der Waals surface area contributed by atoms with E-state index in [1.54, 1.807) is 6.08 Å². The van der Waals surface area contributed by atoms with Gasteiger partial charge >= 0.3 is 0 Å². The van der Waals surface area contributed by atoms with Gasteiger partial charge in [0.15, 0.2) is 0 Å². The van der Waals surface area contributed by atoms with Crippen LogP contribution in [0.5, 0.6) is 0 Å². The molecule has 0 amide bonds. The number of nitrogens with one attached hydrogen (secondary N) is 1. The van der Waals surface area contributed by atoms with E-state index in [-0.39, 0.29) is 0 Å². The van der Waals surface area contributed by atoms with Crippen LogP contribution in [0.4, 0.5) is 0 Å². The van der Waals surface area contributed by atoms with Gasteiger partial charge in [-0.3, -0.25) is 0 Å². The van der Waals surface area contributed by atoms with Gasteiger partial charge in [-0.1, -0.05) is 55.1 Å². The van der Waals surface area contributed by atoms with E-state index in [9.17, 15) is 0 Å². The van der Waals surface area contributed by atoms with Crippen molar-refractivity contribution >= 4 is 10.8 Å². The number of allylic oxidation sites excluding steroid dienone is 2. The molecule has 2 aromatic rings. The molecule has 0 saturated heterocycles. The highest BCUT2D eigenvalue weighted by molar-refractivity contribution is 5.85. The minimum atomic E-state index is 0.839. The van der Waals surface area contributed by atoms with Crippen molar-refractivity contribution in [3.8, 4) is 0 Å². The minimum Gasteiger partial charge on any atom is -0.387 e. The molecule has 1 nitrogen and oxygen atoms in total. The van der Waals surface area contributed by atoms with Gasteiger partial charge in [0.2, 0.25) is 0 Å².